The number of hydrogen-bond acceptors (Lipinski definition) is 6. The van der Waals surface area contributed by atoms with Crippen molar-refractivity contribution >= 4 is 21.5 Å². The molecule has 0 fully saturated rings. The Morgan fingerprint density at radius 3 is 2.45 bits per heavy atom. The normalized spacial score (nSPS) is 11.8. The van der Waals surface area contributed by atoms with Crippen molar-refractivity contribution in [1.29, 1.82) is 0 Å². The van der Waals surface area contributed by atoms with Crippen molar-refractivity contribution in [2.75, 3.05) is 23.3 Å². The summed E-state index contributed by atoms with van der Waals surface area (Å²) in [6.07, 6.45) is 0. The second-order valence-corrected chi connectivity index (χ2v) is 6.55. The minimum absolute atomic E-state index is 0.0260. The highest BCUT2D eigenvalue weighted by molar-refractivity contribution is 7.89. The first-order valence-corrected chi connectivity index (χ1v) is 7.70. The van der Waals surface area contributed by atoms with Crippen molar-refractivity contribution in [3.05, 3.63) is 20.8 Å². The Hall–Kier alpha value is -1.81. The highest BCUT2D eigenvalue weighted by atomic mass is 32.2. The first-order valence-electron chi connectivity index (χ1n) is 5.98. The molecule has 1 aromatic heterocycles. The van der Waals surface area contributed by atoms with Crippen LogP contribution in [0.25, 0.3) is 0 Å². The van der Waals surface area contributed by atoms with Crippen LogP contribution in [-0.2, 0) is 16.6 Å². The van der Waals surface area contributed by atoms with Gasteiger partial charge in [0.2, 0.25) is 10.0 Å². The van der Waals surface area contributed by atoms with Crippen LogP contribution in [0.4, 0.5) is 11.5 Å². The zero-order valence-electron chi connectivity index (χ0n) is 11.3. The van der Waals surface area contributed by atoms with Gasteiger partial charge in [0, 0.05) is 13.1 Å². The van der Waals surface area contributed by atoms with Gasteiger partial charge in [0.1, 0.15) is 11.5 Å². The number of nitrogens with one attached hydrogen (secondary N) is 2. The largest absolute Gasteiger partial charge is 0.383 e. The number of H-pyrrole nitrogens is 1. The van der Waals surface area contributed by atoms with Gasteiger partial charge >= 0.3 is 5.69 Å². The van der Waals surface area contributed by atoms with E-state index in [9.17, 15) is 18.0 Å². The van der Waals surface area contributed by atoms with Crippen LogP contribution in [0.15, 0.2) is 9.59 Å². The molecule has 0 radical (unpaired) electrons. The molecule has 0 amide bonds. The van der Waals surface area contributed by atoms with Gasteiger partial charge in [-0.1, -0.05) is 13.8 Å². The molecule has 0 aliphatic rings. The van der Waals surface area contributed by atoms with E-state index in [4.69, 9.17) is 10.9 Å². The lowest BCUT2D eigenvalue weighted by Gasteiger charge is -2.15. The second kappa shape index (κ2) is 6.09. The van der Waals surface area contributed by atoms with Crippen LogP contribution in [0.3, 0.4) is 0 Å². The zero-order valence-corrected chi connectivity index (χ0v) is 12.2. The quantitative estimate of drug-likeness (QED) is 0.500. The fraction of sp³-hybridized carbons (Fsp3) is 0.600. The first-order chi connectivity index (χ1) is 9.11. The third-order valence-electron chi connectivity index (χ3n) is 2.48. The van der Waals surface area contributed by atoms with Gasteiger partial charge in [0.25, 0.3) is 5.56 Å². The molecule has 0 spiro atoms. The Balaban J connectivity index is 3.08. The molecule has 1 aromatic rings. The molecule has 0 aliphatic carbocycles. The van der Waals surface area contributed by atoms with Crippen LogP contribution < -0.4 is 27.4 Å². The second-order valence-electron chi connectivity index (χ2n) is 4.82. The van der Waals surface area contributed by atoms with Crippen molar-refractivity contribution in [3.8, 4) is 0 Å². The van der Waals surface area contributed by atoms with E-state index in [0.29, 0.717) is 6.54 Å². The summed E-state index contributed by atoms with van der Waals surface area (Å²) in [5.41, 5.74) is 4.46. The summed E-state index contributed by atoms with van der Waals surface area (Å²) < 4.78 is 22.9. The van der Waals surface area contributed by atoms with E-state index in [2.05, 4.69) is 10.3 Å². The number of nitrogen functional groups attached to an aromatic ring is 1. The lowest BCUT2D eigenvalue weighted by atomic mass is 10.2. The first kappa shape index (κ1) is 16.2. The fourth-order valence-corrected chi connectivity index (χ4v) is 2.01. The molecule has 0 saturated heterocycles. The third kappa shape index (κ3) is 4.38. The van der Waals surface area contributed by atoms with E-state index in [-0.39, 0.29) is 29.7 Å². The van der Waals surface area contributed by atoms with Gasteiger partial charge in [-0.3, -0.25) is 14.3 Å². The standard InChI is InChI=1S/C10H19N5O4S/c1-6(2)5-15-8(11)7(9(16)14-10(15)17)13-3-4-20(12,18)19/h6,13H,3-5,11H2,1-2H3,(H2,12,18,19)(H,14,16,17). The summed E-state index contributed by atoms with van der Waals surface area (Å²) in [5, 5.41) is 7.45. The molecule has 1 heterocycles. The van der Waals surface area contributed by atoms with Crippen LogP contribution in [0.1, 0.15) is 13.8 Å². The molecular formula is C10H19N5O4S. The Morgan fingerprint density at radius 1 is 1.35 bits per heavy atom. The van der Waals surface area contributed by atoms with E-state index >= 15 is 0 Å². The maximum atomic E-state index is 11.7. The third-order valence-corrected chi connectivity index (χ3v) is 3.25. The molecule has 0 unspecified atom stereocenters. The molecule has 0 saturated carbocycles. The SMILES string of the molecule is CC(C)Cn1c(N)c(NCCS(N)(=O)=O)c(=O)[nH]c1=O. The van der Waals surface area contributed by atoms with Crippen LogP contribution in [0.5, 0.6) is 0 Å². The van der Waals surface area contributed by atoms with Crippen molar-refractivity contribution < 1.29 is 8.42 Å². The van der Waals surface area contributed by atoms with Crippen molar-refractivity contribution in [2.45, 2.75) is 20.4 Å². The molecule has 10 heteroatoms. The molecular weight excluding hydrogens is 286 g/mol. The molecule has 6 N–H and O–H groups in total. The smallest absolute Gasteiger partial charge is 0.330 e. The molecule has 0 aliphatic heterocycles. The monoisotopic (exact) mass is 305 g/mol. The van der Waals surface area contributed by atoms with Gasteiger partial charge in [0.15, 0.2) is 0 Å². The van der Waals surface area contributed by atoms with E-state index in [1.54, 1.807) is 0 Å². The fourth-order valence-electron chi connectivity index (χ4n) is 1.62. The van der Waals surface area contributed by atoms with E-state index in [0.717, 1.165) is 0 Å². The lowest BCUT2D eigenvalue weighted by Crippen LogP contribution is -2.35. The number of sulfonamides is 1. The average Bonchev–Trinajstić information content (AvgIpc) is 2.27. The number of aromatic nitrogens is 2. The summed E-state index contributed by atoms with van der Waals surface area (Å²) in [6, 6.07) is 0. The Morgan fingerprint density at radius 2 is 1.95 bits per heavy atom. The highest BCUT2D eigenvalue weighted by Gasteiger charge is 2.13. The molecule has 0 bridgehead atoms. The summed E-state index contributed by atoms with van der Waals surface area (Å²) in [6.45, 7) is 4.05. The van der Waals surface area contributed by atoms with Crippen molar-refractivity contribution in [2.24, 2.45) is 11.1 Å². The molecule has 20 heavy (non-hydrogen) atoms. The van der Waals surface area contributed by atoms with E-state index < -0.39 is 21.3 Å². The maximum absolute atomic E-state index is 11.7. The van der Waals surface area contributed by atoms with Gasteiger partial charge in [0.05, 0.1) is 5.75 Å². The Kier molecular flexibility index (Phi) is 4.95. The van der Waals surface area contributed by atoms with Crippen molar-refractivity contribution in [1.82, 2.24) is 9.55 Å². The summed E-state index contributed by atoms with van der Waals surface area (Å²) in [4.78, 5) is 25.5. The minimum atomic E-state index is -3.64. The predicted molar refractivity (Wildman–Crippen MR) is 77.0 cm³/mol. The Labute approximate surface area is 116 Å². The summed E-state index contributed by atoms with van der Waals surface area (Å²) >= 11 is 0. The number of nitrogens with two attached hydrogens (primary N) is 2. The van der Waals surface area contributed by atoms with Gasteiger partial charge in [-0.25, -0.2) is 18.4 Å². The van der Waals surface area contributed by atoms with Crippen LogP contribution in [-0.4, -0.2) is 30.3 Å². The molecule has 1 rings (SSSR count). The lowest BCUT2D eigenvalue weighted by molar-refractivity contribution is 0.508. The summed E-state index contributed by atoms with van der Waals surface area (Å²) in [7, 11) is -3.64. The van der Waals surface area contributed by atoms with E-state index in [1.807, 2.05) is 13.8 Å². The number of rotatable bonds is 6. The van der Waals surface area contributed by atoms with Crippen LogP contribution in [0, 0.1) is 5.92 Å². The zero-order chi connectivity index (χ0) is 15.5. The molecule has 0 atom stereocenters. The number of aromatic amines is 1. The van der Waals surface area contributed by atoms with Gasteiger partial charge in [-0.05, 0) is 5.92 Å². The minimum Gasteiger partial charge on any atom is -0.383 e. The van der Waals surface area contributed by atoms with Gasteiger partial charge < -0.3 is 11.1 Å². The summed E-state index contributed by atoms with van der Waals surface area (Å²) in [5.74, 6) is -0.227. The number of anilines is 2. The average molecular weight is 305 g/mol. The van der Waals surface area contributed by atoms with Gasteiger partial charge in [-0.2, -0.15) is 0 Å². The predicted octanol–water partition coefficient (Wildman–Crippen LogP) is -1.52. The highest BCUT2D eigenvalue weighted by Crippen LogP contribution is 2.11. The number of nitrogens with zero attached hydrogens (tertiary/aromatic N) is 1. The maximum Gasteiger partial charge on any atom is 0.330 e. The van der Waals surface area contributed by atoms with Crippen LogP contribution in [0.2, 0.25) is 0 Å². The van der Waals surface area contributed by atoms with E-state index in [1.165, 1.54) is 4.57 Å². The molecule has 0 aromatic carbocycles. The molecule has 114 valence electrons. The van der Waals surface area contributed by atoms with Crippen molar-refractivity contribution in [3.63, 3.8) is 0 Å². The Bertz CT molecular complexity index is 689. The topological polar surface area (TPSA) is 153 Å². The number of hydrogen-bond donors (Lipinski definition) is 4. The van der Waals surface area contributed by atoms with Crippen LogP contribution >= 0.6 is 0 Å². The number of primary sulfonamides is 1. The molecule has 9 nitrogen and oxygen atoms in total. The van der Waals surface area contributed by atoms with Gasteiger partial charge in [-0.15, -0.1) is 0 Å².